The molecule has 2 aromatic heterocycles. The molecule has 0 aliphatic rings. The summed E-state index contributed by atoms with van der Waals surface area (Å²) in [5.74, 6) is -2.21. The second-order valence-corrected chi connectivity index (χ2v) is 5.93. The molecule has 0 bridgehead atoms. The van der Waals surface area contributed by atoms with Crippen molar-refractivity contribution in [3.05, 3.63) is 71.6 Å². The Labute approximate surface area is 166 Å². The van der Waals surface area contributed by atoms with Crippen LogP contribution in [0.3, 0.4) is 0 Å². The molecule has 0 saturated carbocycles. The maximum absolute atomic E-state index is 13.5. The summed E-state index contributed by atoms with van der Waals surface area (Å²) in [6, 6.07) is 7.18. The van der Waals surface area contributed by atoms with Crippen LogP contribution >= 0.6 is 0 Å². The molecule has 0 atom stereocenters. The fraction of sp³-hybridized carbons (Fsp3) is 0.167. The van der Waals surface area contributed by atoms with Gasteiger partial charge in [-0.15, -0.1) is 5.10 Å². The third-order valence-electron chi connectivity index (χ3n) is 3.84. The van der Waals surface area contributed by atoms with E-state index < -0.39 is 35.2 Å². The van der Waals surface area contributed by atoms with E-state index in [1.165, 1.54) is 18.5 Å². The predicted octanol–water partition coefficient (Wildman–Crippen LogP) is 1.98. The third-order valence-corrected chi connectivity index (χ3v) is 3.84. The van der Waals surface area contributed by atoms with Crippen LogP contribution in [0.2, 0.25) is 0 Å². The lowest BCUT2D eigenvalue weighted by Gasteiger charge is -2.11. The molecule has 3 aromatic rings. The Morgan fingerprint density at radius 2 is 1.67 bits per heavy atom. The molecule has 2 N–H and O–H groups in total. The van der Waals surface area contributed by atoms with Gasteiger partial charge in [-0.2, -0.15) is 13.2 Å². The highest BCUT2D eigenvalue weighted by Gasteiger charge is 2.41. The molecule has 12 heteroatoms. The Morgan fingerprint density at radius 1 is 1.00 bits per heavy atom. The van der Waals surface area contributed by atoms with E-state index >= 15 is 0 Å². The van der Waals surface area contributed by atoms with Crippen LogP contribution in [0.5, 0.6) is 0 Å². The first-order valence-electron chi connectivity index (χ1n) is 8.52. The van der Waals surface area contributed by atoms with Gasteiger partial charge in [0.05, 0.1) is 11.3 Å². The van der Waals surface area contributed by atoms with Gasteiger partial charge in [0.25, 0.3) is 11.8 Å². The maximum Gasteiger partial charge on any atom is 0.435 e. The number of hydrogen-bond acceptors (Lipinski definition) is 5. The lowest BCUT2D eigenvalue weighted by atomic mass is 10.2. The molecule has 3 rings (SSSR count). The van der Waals surface area contributed by atoms with Crippen LogP contribution in [0.1, 0.15) is 26.5 Å². The molecule has 30 heavy (non-hydrogen) atoms. The minimum atomic E-state index is -4.95. The summed E-state index contributed by atoms with van der Waals surface area (Å²) < 4.78 is 54.1. The number of nitrogens with one attached hydrogen (secondary N) is 2. The molecule has 0 unspecified atom stereocenters. The first kappa shape index (κ1) is 20.9. The molecule has 2 amide bonds. The average Bonchev–Trinajstić information content (AvgIpc) is 3.18. The van der Waals surface area contributed by atoms with E-state index in [1.54, 1.807) is 6.07 Å². The second-order valence-electron chi connectivity index (χ2n) is 5.93. The zero-order chi connectivity index (χ0) is 21.7. The number of carbonyl (C=O) groups excluding carboxylic acids is 2. The summed E-state index contributed by atoms with van der Waals surface area (Å²) in [6.45, 7) is -0.182. The van der Waals surface area contributed by atoms with Crippen molar-refractivity contribution in [2.45, 2.75) is 6.18 Å². The number of rotatable bonds is 6. The standard InChI is InChI=1S/C18H14F4N6O2/c19-12-3-5-13(6-4-12)28-15(18(20,21)22)14(26-27-28)17(30)25-9-8-24-16(29)11-2-1-7-23-10-11/h1-7,10H,8-9H2,(H,24,29)(H,25,30). The topological polar surface area (TPSA) is 102 Å². The predicted molar refractivity (Wildman–Crippen MR) is 95.2 cm³/mol. The first-order valence-corrected chi connectivity index (χ1v) is 8.52. The highest BCUT2D eigenvalue weighted by atomic mass is 19.4. The minimum absolute atomic E-state index is 0.0348. The number of carbonyl (C=O) groups is 2. The summed E-state index contributed by atoms with van der Waals surface area (Å²) in [5, 5.41) is 11.5. The Bertz CT molecular complexity index is 1040. The molecule has 0 aliphatic carbocycles. The van der Waals surface area contributed by atoms with Crippen molar-refractivity contribution >= 4 is 11.8 Å². The summed E-state index contributed by atoms with van der Waals surface area (Å²) in [7, 11) is 0. The zero-order valence-corrected chi connectivity index (χ0v) is 15.2. The van der Waals surface area contributed by atoms with Gasteiger partial charge in [0, 0.05) is 25.5 Å². The molecule has 2 heterocycles. The van der Waals surface area contributed by atoms with Crippen molar-refractivity contribution in [3.8, 4) is 5.69 Å². The van der Waals surface area contributed by atoms with Gasteiger partial charge in [-0.05, 0) is 36.4 Å². The third kappa shape index (κ3) is 4.77. The lowest BCUT2D eigenvalue weighted by molar-refractivity contribution is -0.143. The summed E-state index contributed by atoms with van der Waals surface area (Å²) in [5.41, 5.74) is -2.15. The van der Waals surface area contributed by atoms with Crippen LogP contribution in [0.4, 0.5) is 17.6 Å². The van der Waals surface area contributed by atoms with Crippen molar-refractivity contribution in [1.82, 2.24) is 30.6 Å². The quantitative estimate of drug-likeness (QED) is 0.467. The van der Waals surface area contributed by atoms with Crippen LogP contribution in [0.25, 0.3) is 5.69 Å². The van der Waals surface area contributed by atoms with Crippen molar-refractivity contribution in [1.29, 1.82) is 0 Å². The molecule has 0 fully saturated rings. The summed E-state index contributed by atoms with van der Waals surface area (Å²) in [4.78, 5) is 27.9. The fourth-order valence-electron chi connectivity index (χ4n) is 2.49. The van der Waals surface area contributed by atoms with Crippen LogP contribution in [-0.4, -0.2) is 44.9 Å². The normalized spacial score (nSPS) is 11.2. The van der Waals surface area contributed by atoms with Crippen LogP contribution < -0.4 is 10.6 Å². The van der Waals surface area contributed by atoms with E-state index in [0.717, 1.165) is 24.3 Å². The highest BCUT2D eigenvalue weighted by molar-refractivity contribution is 5.94. The van der Waals surface area contributed by atoms with Crippen molar-refractivity contribution in [2.24, 2.45) is 0 Å². The minimum Gasteiger partial charge on any atom is -0.350 e. The Balaban J connectivity index is 1.68. The number of halogens is 4. The van der Waals surface area contributed by atoms with E-state index in [4.69, 9.17) is 0 Å². The largest absolute Gasteiger partial charge is 0.435 e. The van der Waals surface area contributed by atoms with Crippen LogP contribution in [0, 0.1) is 5.82 Å². The van der Waals surface area contributed by atoms with Gasteiger partial charge in [-0.3, -0.25) is 14.6 Å². The number of alkyl halides is 3. The molecule has 0 saturated heterocycles. The molecule has 0 spiro atoms. The SMILES string of the molecule is O=C(NCCNC(=O)c1nnn(-c2ccc(F)cc2)c1C(F)(F)F)c1cccnc1. The van der Waals surface area contributed by atoms with Crippen LogP contribution in [-0.2, 0) is 6.18 Å². The highest BCUT2D eigenvalue weighted by Crippen LogP contribution is 2.32. The Kier molecular flexibility index (Phi) is 6.04. The van der Waals surface area contributed by atoms with Gasteiger partial charge in [0.15, 0.2) is 11.4 Å². The van der Waals surface area contributed by atoms with E-state index in [-0.39, 0.29) is 18.8 Å². The Morgan fingerprint density at radius 3 is 2.27 bits per heavy atom. The molecule has 156 valence electrons. The van der Waals surface area contributed by atoms with Gasteiger partial charge < -0.3 is 10.6 Å². The first-order chi connectivity index (χ1) is 14.3. The number of pyridine rings is 1. The molecule has 8 nitrogen and oxygen atoms in total. The monoisotopic (exact) mass is 422 g/mol. The zero-order valence-electron chi connectivity index (χ0n) is 15.2. The van der Waals surface area contributed by atoms with Crippen molar-refractivity contribution in [3.63, 3.8) is 0 Å². The Hall–Kier alpha value is -3.83. The number of hydrogen-bond donors (Lipinski definition) is 2. The second kappa shape index (κ2) is 8.68. The lowest BCUT2D eigenvalue weighted by Crippen LogP contribution is -2.35. The number of aromatic nitrogens is 4. The molecule has 0 radical (unpaired) electrons. The molecule has 1 aromatic carbocycles. The summed E-state index contributed by atoms with van der Waals surface area (Å²) in [6.07, 6.45) is -2.11. The van der Waals surface area contributed by atoms with Gasteiger partial charge in [0.2, 0.25) is 0 Å². The van der Waals surface area contributed by atoms with E-state index in [9.17, 15) is 27.2 Å². The molecular weight excluding hydrogens is 408 g/mol. The van der Waals surface area contributed by atoms with Gasteiger partial charge in [0.1, 0.15) is 5.82 Å². The average molecular weight is 422 g/mol. The molecular formula is C18H14F4N6O2. The number of nitrogens with zero attached hydrogens (tertiary/aromatic N) is 4. The maximum atomic E-state index is 13.5. The van der Waals surface area contributed by atoms with Crippen molar-refractivity contribution in [2.75, 3.05) is 13.1 Å². The number of benzene rings is 1. The van der Waals surface area contributed by atoms with E-state index in [1.807, 2.05) is 0 Å². The van der Waals surface area contributed by atoms with Crippen molar-refractivity contribution < 1.29 is 27.2 Å². The number of amides is 2. The summed E-state index contributed by atoms with van der Waals surface area (Å²) >= 11 is 0. The van der Waals surface area contributed by atoms with Gasteiger partial charge >= 0.3 is 6.18 Å². The molecule has 0 aliphatic heterocycles. The van der Waals surface area contributed by atoms with E-state index in [2.05, 4.69) is 25.9 Å². The van der Waals surface area contributed by atoms with Gasteiger partial charge in [-0.25, -0.2) is 9.07 Å². The fourth-order valence-corrected chi connectivity index (χ4v) is 2.49. The van der Waals surface area contributed by atoms with Gasteiger partial charge in [-0.1, -0.05) is 5.21 Å². The van der Waals surface area contributed by atoms with Crippen LogP contribution in [0.15, 0.2) is 48.8 Å². The smallest absolute Gasteiger partial charge is 0.350 e. The van der Waals surface area contributed by atoms with E-state index in [0.29, 0.717) is 10.2 Å².